The lowest BCUT2D eigenvalue weighted by atomic mass is 10.2. The fourth-order valence-electron chi connectivity index (χ4n) is 1.95. The molecule has 2 rings (SSSR count). The van der Waals surface area contributed by atoms with E-state index in [4.69, 9.17) is 5.11 Å². The van der Waals surface area contributed by atoms with E-state index in [2.05, 4.69) is 10.3 Å². The number of hydrogen-bond acceptors (Lipinski definition) is 4. The molecule has 0 aliphatic heterocycles. The SMILES string of the molecule is Cc1cc(C(=O)N[C@H](C)C(=O)O)c(C)n1-c1nccs1. The van der Waals surface area contributed by atoms with Gasteiger partial charge in [-0.05, 0) is 26.8 Å². The Morgan fingerprint density at radius 3 is 2.70 bits per heavy atom. The number of rotatable bonds is 4. The minimum atomic E-state index is -1.06. The first-order chi connectivity index (χ1) is 9.41. The number of carboxylic acids is 1. The summed E-state index contributed by atoms with van der Waals surface area (Å²) >= 11 is 1.47. The van der Waals surface area contributed by atoms with Gasteiger partial charge in [-0.3, -0.25) is 14.2 Å². The number of aryl methyl sites for hydroxylation is 1. The van der Waals surface area contributed by atoms with E-state index in [1.165, 1.54) is 18.3 Å². The Bertz CT molecular complexity index is 646. The second-order valence-corrected chi connectivity index (χ2v) is 5.34. The maximum Gasteiger partial charge on any atom is 0.325 e. The van der Waals surface area contributed by atoms with Gasteiger partial charge in [0.15, 0.2) is 5.13 Å². The van der Waals surface area contributed by atoms with E-state index in [0.717, 1.165) is 16.5 Å². The molecule has 0 saturated heterocycles. The van der Waals surface area contributed by atoms with Gasteiger partial charge in [-0.2, -0.15) is 0 Å². The molecular formula is C13H15N3O3S. The third-order valence-corrected chi connectivity index (χ3v) is 3.76. The minimum Gasteiger partial charge on any atom is -0.480 e. The number of aliphatic carboxylic acids is 1. The second kappa shape index (κ2) is 5.46. The molecular weight excluding hydrogens is 278 g/mol. The first-order valence-corrected chi connectivity index (χ1v) is 6.92. The Balaban J connectivity index is 2.33. The van der Waals surface area contributed by atoms with Crippen LogP contribution in [0.3, 0.4) is 0 Å². The molecule has 0 saturated carbocycles. The van der Waals surface area contributed by atoms with Crippen molar-refractivity contribution in [3.8, 4) is 5.13 Å². The summed E-state index contributed by atoms with van der Waals surface area (Å²) in [5.74, 6) is -1.46. The van der Waals surface area contributed by atoms with Crippen LogP contribution < -0.4 is 5.32 Å². The first kappa shape index (κ1) is 14.3. The molecule has 2 heterocycles. The summed E-state index contributed by atoms with van der Waals surface area (Å²) in [6.07, 6.45) is 1.70. The van der Waals surface area contributed by atoms with Gasteiger partial charge in [-0.15, -0.1) is 11.3 Å². The predicted octanol–water partition coefficient (Wildman–Crippen LogP) is 1.75. The van der Waals surface area contributed by atoms with Crippen LogP contribution in [0.25, 0.3) is 5.13 Å². The summed E-state index contributed by atoms with van der Waals surface area (Å²) in [6.45, 7) is 5.13. The Kier molecular flexibility index (Phi) is 3.89. The molecule has 0 aliphatic carbocycles. The lowest BCUT2D eigenvalue weighted by Crippen LogP contribution is -2.38. The number of carboxylic acid groups (broad SMARTS) is 1. The Hall–Kier alpha value is -2.15. The monoisotopic (exact) mass is 293 g/mol. The van der Waals surface area contributed by atoms with Crippen LogP contribution in [-0.4, -0.2) is 32.6 Å². The number of thiazole rings is 1. The number of nitrogens with one attached hydrogen (secondary N) is 1. The molecule has 0 radical (unpaired) electrons. The van der Waals surface area contributed by atoms with Gasteiger partial charge in [0.05, 0.1) is 5.56 Å². The number of nitrogens with zero attached hydrogens (tertiary/aromatic N) is 2. The third-order valence-electron chi connectivity index (χ3n) is 3.00. The molecule has 0 aliphatic rings. The van der Waals surface area contributed by atoms with Crippen molar-refractivity contribution in [3.05, 3.63) is 34.6 Å². The molecule has 2 aromatic heterocycles. The van der Waals surface area contributed by atoms with E-state index in [-0.39, 0.29) is 0 Å². The summed E-state index contributed by atoms with van der Waals surface area (Å²) < 4.78 is 1.88. The van der Waals surface area contributed by atoms with Crippen LogP contribution >= 0.6 is 11.3 Å². The molecule has 0 aromatic carbocycles. The summed E-state index contributed by atoms with van der Waals surface area (Å²) in [7, 11) is 0. The van der Waals surface area contributed by atoms with E-state index in [1.807, 2.05) is 23.8 Å². The van der Waals surface area contributed by atoms with Gasteiger partial charge in [-0.25, -0.2) is 4.98 Å². The molecule has 0 unspecified atom stereocenters. The van der Waals surface area contributed by atoms with Crippen LogP contribution in [0.4, 0.5) is 0 Å². The molecule has 1 atom stereocenters. The zero-order chi connectivity index (χ0) is 14.9. The van der Waals surface area contributed by atoms with E-state index in [0.29, 0.717) is 5.56 Å². The predicted molar refractivity (Wildman–Crippen MR) is 75.5 cm³/mol. The fourth-order valence-corrected chi connectivity index (χ4v) is 2.70. The van der Waals surface area contributed by atoms with Crippen LogP contribution in [0.5, 0.6) is 0 Å². The van der Waals surface area contributed by atoms with Gasteiger partial charge in [0, 0.05) is 23.0 Å². The molecule has 1 amide bonds. The highest BCUT2D eigenvalue weighted by Gasteiger charge is 2.21. The number of aromatic nitrogens is 2. The van der Waals surface area contributed by atoms with Gasteiger partial charge in [0.1, 0.15) is 6.04 Å². The third kappa shape index (κ3) is 2.57. The highest BCUT2D eigenvalue weighted by atomic mass is 32.1. The topological polar surface area (TPSA) is 84.2 Å². The summed E-state index contributed by atoms with van der Waals surface area (Å²) in [5.41, 5.74) is 2.09. The van der Waals surface area contributed by atoms with Crippen molar-refractivity contribution < 1.29 is 14.7 Å². The summed E-state index contributed by atoms with van der Waals surface area (Å²) in [5, 5.41) is 13.9. The average molecular weight is 293 g/mol. The highest BCUT2D eigenvalue weighted by molar-refractivity contribution is 7.12. The van der Waals surface area contributed by atoms with Gasteiger partial charge in [0.2, 0.25) is 0 Å². The van der Waals surface area contributed by atoms with Crippen molar-refractivity contribution in [2.45, 2.75) is 26.8 Å². The maximum atomic E-state index is 12.1. The van der Waals surface area contributed by atoms with Crippen molar-refractivity contribution >= 4 is 23.2 Å². The number of carbonyl (C=O) groups excluding carboxylic acids is 1. The van der Waals surface area contributed by atoms with Crippen LogP contribution in [-0.2, 0) is 4.79 Å². The molecule has 2 aromatic rings. The zero-order valence-corrected chi connectivity index (χ0v) is 12.2. The Labute approximate surface area is 120 Å². The second-order valence-electron chi connectivity index (χ2n) is 4.47. The van der Waals surface area contributed by atoms with Crippen LogP contribution in [0.15, 0.2) is 17.6 Å². The van der Waals surface area contributed by atoms with Gasteiger partial charge < -0.3 is 10.4 Å². The first-order valence-electron chi connectivity index (χ1n) is 6.04. The summed E-state index contributed by atoms with van der Waals surface area (Å²) in [4.78, 5) is 27.1. The summed E-state index contributed by atoms with van der Waals surface area (Å²) in [6, 6.07) is 0.811. The van der Waals surface area contributed by atoms with E-state index in [1.54, 1.807) is 12.3 Å². The number of hydrogen-bond donors (Lipinski definition) is 2. The normalized spacial score (nSPS) is 12.2. The minimum absolute atomic E-state index is 0.393. The maximum absolute atomic E-state index is 12.1. The number of carbonyl (C=O) groups is 2. The van der Waals surface area contributed by atoms with E-state index in [9.17, 15) is 9.59 Å². The van der Waals surface area contributed by atoms with Crippen LogP contribution in [0.2, 0.25) is 0 Å². The van der Waals surface area contributed by atoms with Crippen LogP contribution in [0.1, 0.15) is 28.7 Å². The lowest BCUT2D eigenvalue weighted by molar-refractivity contribution is -0.138. The number of amides is 1. The molecule has 106 valence electrons. The van der Waals surface area contributed by atoms with Crippen molar-refractivity contribution in [2.75, 3.05) is 0 Å². The fraction of sp³-hybridized carbons (Fsp3) is 0.308. The zero-order valence-electron chi connectivity index (χ0n) is 11.4. The average Bonchev–Trinajstić information content (AvgIpc) is 2.97. The Morgan fingerprint density at radius 1 is 1.45 bits per heavy atom. The van der Waals surface area contributed by atoms with Gasteiger partial charge in [0.25, 0.3) is 5.91 Å². The quantitative estimate of drug-likeness (QED) is 0.899. The molecule has 0 spiro atoms. The van der Waals surface area contributed by atoms with Crippen molar-refractivity contribution in [2.24, 2.45) is 0 Å². The molecule has 0 fully saturated rings. The Morgan fingerprint density at radius 2 is 2.15 bits per heavy atom. The molecule has 6 nitrogen and oxygen atoms in total. The standard InChI is InChI=1S/C13H15N3O3S/c1-7-6-10(11(17)15-8(2)12(18)19)9(3)16(7)13-14-4-5-20-13/h4-6,8H,1-3H3,(H,15,17)(H,18,19)/t8-/m1/s1. The smallest absolute Gasteiger partial charge is 0.325 e. The van der Waals surface area contributed by atoms with Crippen molar-refractivity contribution in [1.29, 1.82) is 0 Å². The molecule has 0 bridgehead atoms. The molecule has 7 heteroatoms. The highest BCUT2D eigenvalue weighted by Crippen LogP contribution is 2.22. The largest absolute Gasteiger partial charge is 0.480 e. The van der Waals surface area contributed by atoms with Crippen molar-refractivity contribution in [1.82, 2.24) is 14.9 Å². The van der Waals surface area contributed by atoms with Crippen molar-refractivity contribution in [3.63, 3.8) is 0 Å². The van der Waals surface area contributed by atoms with Gasteiger partial charge >= 0.3 is 5.97 Å². The van der Waals surface area contributed by atoms with Crippen LogP contribution in [0, 0.1) is 13.8 Å². The van der Waals surface area contributed by atoms with E-state index >= 15 is 0 Å². The van der Waals surface area contributed by atoms with E-state index < -0.39 is 17.9 Å². The molecule has 2 N–H and O–H groups in total. The van der Waals surface area contributed by atoms with Gasteiger partial charge in [-0.1, -0.05) is 0 Å². The lowest BCUT2D eigenvalue weighted by Gasteiger charge is -2.09. The molecule has 20 heavy (non-hydrogen) atoms.